The highest BCUT2D eigenvalue weighted by Crippen LogP contribution is 2.41. The number of nitrogens with one attached hydrogen (secondary N) is 3. The molecule has 2 bridgehead atoms. The van der Waals surface area contributed by atoms with E-state index in [1.54, 1.807) is 19.9 Å². The summed E-state index contributed by atoms with van der Waals surface area (Å²) >= 11 is 6.10. The quantitative estimate of drug-likeness (QED) is 0.167. The molecule has 3 heterocycles. The van der Waals surface area contributed by atoms with Gasteiger partial charge in [0, 0.05) is 82.5 Å². The molecule has 5 aliphatic carbocycles. The zero-order chi connectivity index (χ0) is 74.8. The molecule has 0 aromatic carbocycles. The van der Waals surface area contributed by atoms with Crippen LogP contribution in [0, 0.1) is 29.6 Å². The topological polar surface area (TPSA) is 279 Å². The molecular weight excluding hydrogens is 1350 g/mol. The number of amides is 12. The molecule has 3 N–H and O–H groups in total. The molecule has 8 rings (SSSR count). The van der Waals surface area contributed by atoms with Crippen molar-refractivity contribution in [1.29, 1.82) is 0 Å². The van der Waals surface area contributed by atoms with Crippen molar-refractivity contribution in [2.45, 2.75) is 259 Å². The largest absolute Gasteiger partial charge is 0.377 e. The van der Waals surface area contributed by atoms with Crippen LogP contribution >= 0.6 is 11.6 Å². The van der Waals surface area contributed by atoms with E-state index in [1.165, 1.54) is 95.6 Å². The lowest BCUT2D eigenvalue weighted by atomic mass is 9.74. The summed E-state index contributed by atoms with van der Waals surface area (Å²) in [7, 11) is 11.5. The number of hydrogen-bond donors (Lipinski definition) is 3. The van der Waals surface area contributed by atoms with E-state index in [0.29, 0.717) is 44.9 Å². The van der Waals surface area contributed by atoms with Gasteiger partial charge < -0.3 is 64.8 Å². The summed E-state index contributed by atoms with van der Waals surface area (Å²) in [6, 6.07) is -10.2. The van der Waals surface area contributed by atoms with Crippen molar-refractivity contribution >= 4 is 82.5 Å². The summed E-state index contributed by atoms with van der Waals surface area (Å²) in [5.41, 5.74) is -1.58. The van der Waals surface area contributed by atoms with Crippen LogP contribution in [0.2, 0.25) is 0 Å². The first-order chi connectivity index (χ1) is 48.3. The summed E-state index contributed by atoms with van der Waals surface area (Å²) in [4.78, 5) is 192. The molecule has 0 aromatic heterocycles. The smallest absolute Gasteiger partial charge is 0.248 e. The Hall–Kier alpha value is -6.58. The number of alkyl halides is 4. The van der Waals surface area contributed by atoms with E-state index in [9.17, 15) is 33.2 Å². The molecule has 8 aliphatic rings. The third kappa shape index (κ3) is 19.5. The molecule has 12 amide bonds. The Morgan fingerprint density at radius 1 is 0.647 bits per heavy atom. The van der Waals surface area contributed by atoms with Gasteiger partial charge in [0.2, 0.25) is 70.9 Å². The number of carbonyl (C=O) groups excluding carboxylic acids is 12. The van der Waals surface area contributed by atoms with Gasteiger partial charge in [0.15, 0.2) is 0 Å². The van der Waals surface area contributed by atoms with Crippen molar-refractivity contribution in [2.24, 2.45) is 29.6 Å². The van der Waals surface area contributed by atoms with Crippen LogP contribution in [0.4, 0.5) is 13.2 Å². The van der Waals surface area contributed by atoms with Gasteiger partial charge in [0.1, 0.15) is 72.4 Å². The molecule has 7 fully saturated rings. The number of halogens is 4. The Labute approximate surface area is 605 Å². The molecule has 0 radical (unpaired) electrons. The van der Waals surface area contributed by atoms with Crippen LogP contribution in [0.25, 0.3) is 0 Å². The molecule has 0 aromatic rings. The number of likely N-dealkylation sites (N-methyl/N-ethyl adjacent to an activating group) is 7. The Kier molecular flexibility index (Phi) is 28.6. The second-order valence-electron chi connectivity index (χ2n) is 30.9. The second-order valence-corrected chi connectivity index (χ2v) is 31.4. The third-order valence-electron chi connectivity index (χ3n) is 23.5. The average molecular weight is 1460 g/mol. The first-order valence-corrected chi connectivity index (χ1v) is 37.9. The molecule has 5 saturated carbocycles. The van der Waals surface area contributed by atoms with Crippen LogP contribution < -0.4 is 16.0 Å². The number of fused-ring (bicyclic) bond motifs is 3. The molecule has 572 valence electrons. The minimum atomic E-state index is -1.70. The molecular formula is C73H114ClF3N12O13. The van der Waals surface area contributed by atoms with E-state index in [2.05, 4.69) is 16.0 Å². The van der Waals surface area contributed by atoms with Gasteiger partial charge in [-0.2, -0.15) is 0 Å². The van der Waals surface area contributed by atoms with Crippen LogP contribution in [0.1, 0.15) is 175 Å². The Bertz CT molecular complexity index is 3050. The number of carbonyl (C=O) groups is 12. The predicted molar refractivity (Wildman–Crippen MR) is 374 cm³/mol. The van der Waals surface area contributed by atoms with Crippen molar-refractivity contribution < 1.29 is 75.4 Å². The highest BCUT2D eigenvalue weighted by Gasteiger charge is 2.54. The van der Waals surface area contributed by atoms with Crippen LogP contribution in [0.3, 0.4) is 0 Å². The van der Waals surface area contributed by atoms with Gasteiger partial charge in [0.25, 0.3) is 0 Å². The van der Waals surface area contributed by atoms with Gasteiger partial charge in [-0.3, -0.25) is 57.5 Å². The average Bonchev–Trinajstić information content (AvgIpc) is 1.02. The highest BCUT2D eigenvalue weighted by molar-refractivity contribution is 6.21. The number of nitrogens with zero attached hydrogens (tertiary/aromatic N) is 9. The van der Waals surface area contributed by atoms with E-state index >= 15 is 37.5 Å². The molecule has 1 spiro atoms. The predicted octanol–water partition coefficient (Wildman–Crippen LogP) is 4.69. The zero-order valence-electron chi connectivity index (χ0n) is 61.9. The minimum absolute atomic E-state index is 0.00738. The van der Waals surface area contributed by atoms with Gasteiger partial charge >= 0.3 is 0 Å². The SMILES string of the molecule is CCO[C@@H]1C[C@H]2C(=O)NC3(CCC3)C(=O)N(C)[C@@H](C3CCCC3)C(=O)N(C)[C@H](C(=O)N(C)C)CC(=O)N(C)[C@@H](CC3CC3)C(=O)N[C@@H]([C@@H](C)CC)C(=O)N(C)CC(=O)N(C)[C@H]3C/C=C\CCN(C3=O)[C@@H](CC3CCC(F)CC3)C(=O)N(C)CC(=O)N[C@@H](CCC3CC(F)C(Cl)C(F)C3)C(=O)N2C1. The Morgan fingerprint density at radius 3 is 1.85 bits per heavy atom. The van der Waals surface area contributed by atoms with Gasteiger partial charge in [0.05, 0.1) is 31.0 Å². The molecule has 29 heteroatoms. The summed E-state index contributed by atoms with van der Waals surface area (Å²) in [6.45, 7) is 4.19. The van der Waals surface area contributed by atoms with Gasteiger partial charge in [-0.05, 0) is 146 Å². The van der Waals surface area contributed by atoms with Crippen LogP contribution in [0.5, 0.6) is 0 Å². The van der Waals surface area contributed by atoms with Crippen molar-refractivity contribution in [3.8, 4) is 0 Å². The Morgan fingerprint density at radius 2 is 1.26 bits per heavy atom. The molecule has 2 saturated heterocycles. The van der Waals surface area contributed by atoms with Crippen molar-refractivity contribution in [3.05, 3.63) is 12.2 Å². The van der Waals surface area contributed by atoms with E-state index in [4.69, 9.17) is 16.3 Å². The maximum Gasteiger partial charge on any atom is 0.248 e. The van der Waals surface area contributed by atoms with Crippen molar-refractivity contribution in [1.82, 2.24) is 60.0 Å². The lowest BCUT2D eigenvalue weighted by Gasteiger charge is -2.46. The fraction of sp³-hybridized carbons (Fsp3) is 0.808. The first kappa shape index (κ1) is 81.1. The van der Waals surface area contributed by atoms with Crippen LogP contribution in [0.15, 0.2) is 12.2 Å². The standard InChI is InChI=1S/C73H114ClF3N12O13/c1-12-43(3)62-70(99)83(7)42-60(92)84(8)53-22-15-14-18-33-88(69(53)98)57(37-45-25-28-48(75)29-26-45)68(97)82(6)41-58(90)78-52(30-27-46-34-50(76)61(74)51(77)35-46)66(95)89-40-49(102-13-2)38-55(89)65(94)80-73(31-19-32-73)72(101)87(11)63(47-20-16-17-21-47)71(100)86(10)56(67(96)81(4)5)39-59(91)85(9)54(64(93)79-62)36-44-23-24-44/h14-15,43-57,61-63H,12-13,16-42H2,1-11H3,(H,78,90)(H,79,93)(H,80,94)/b15-14-/t43-,45?,46?,48?,49+,50?,51?,52-,53-,54-,55-,56-,57-,61?,62-,63-/m0/s1. The summed E-state index contributed by atoms with van der Waals surface area (Å²) in [5, 5.41) is 7.39. The summed E-state index contributed by atoms with van der Waals surface area (Å²) in [5.74, 6) is -9.69. The summed E-state index contributed by atoms with van der Waals surface area (Å²) < 4.78 is 51.4. The van der Waals surface area contributed by atoms with Crippen LogP contribution in [-0.2, 0) is 62.3 Å². The number of rotatable bonds is 13. The van der Waals surface area contributed by atoms with Gasteiger partial charge in [-0.25, -0.2) is 13.2 Å². The van der Waals surface area contributed by atoms with E-state index in [0.717, 1.165) is 30.6 Å². The summed E-state index contributed by atoms with van der Waals surface area (Å²) in [6.07, 6.45) is 4.64. The fourth-order valence-corrected chi connectivity index (χ4v) is 16.6. The number of hydrogen-bond acceptors (Lipinski definition) is 13. The Balaban J connectivity index is 1.18. The maximum atomic E-state index is 15.5. The van der Waals surface area contributed by atoms with Crippen LogP contribution in [-0.4, -0.2) is 288 Å². The van der Waals surface area contributed by atoms with Gasteiger partial charge in [-0.15, -0.1) is 11.6 Å². The lowest BCUT2D eigenvalue weighted by molar-refractivity contribution is -0.158. The maximum absolute atomic E-state index is 15.5. The highest BCUT2D eigenvalue weighted by atomic mass is 35.5. The third-order valence-corrected chi connectivity index (χ3v) is 24.0. The normalized spacial score (nSPS) is 33.5. The zero-order valence-corrected chi connectivity index (χ0v) is 62.7. The second kappa shape index (κ2) is 35.9. The van der Waals surface area contributed by atoms with E-state index in [1.807, 2.05) is 13.0 Å². The molecule has 25 nitrogen and oxygen atoms in total. The van der Waals surface area contributed by atoms with E-state index < -0.39 is 192 Å². The minimum Gasteiger partial charge on any atom is -0.377 e. The molecule has 2 unspecified atom stereocenters. The first-order valence-electron chi connectivity index (χ1n) is 37.4. The number of ether oxygens (including phenoxy) is 1. The molecule has 3 aliphatic heterocycles. The fourth-order valence-electron chi connectivity index (χ4n) is 16.4. The van der Waals surface area contributed by atoms with Gasteiger partial charge in [-0.1, -0.05) is 58.1 Å². The monoisotopic (exact) mass is 1460 g/mol. The molecule has 12 atom stereocenters. The van der Waals surface area contributed by atoms with Crippen molar-refractivity contribution in [2.75, 3.05) is 89.2 Å². The lowest BCUT2D eigenvalue weighted by Crippen LogP contribution is -2.68. The van der Waals surface area contributed by atoms with Crippen molar-refractivity contribution in [3.63, 3.8) is 0 Å². The molecule has 102 heavy (non-hydrogen) atoms. The van der Waals surface area contributed by atoms with E-state index in [-0.39, 0.29) is 109 Å².